The summed E-state index contributed by atoms with van der Waals surface area (Å²) in [7, 11) is 2.24. The normalized spacial score (nSPS) is 17.0. The van der Waals surface area contributed by atoms with Crippen LogP contribution in [0.3, 0.4) is 0 Å². The van der Waals surface area contributed by atoms with Crippen molar-refractivity contribution in [1.82, 2.24) is 14.7 Å². The number of nitrogens with zero attached hydrogens (tertiary/aromatic N) is 3. The van der Waals surface area contributed by atoms with E-state index in [4.69, 9.17) is 0 Å². The van der Waals surface area contributed by atoms with Gasteiger partial charge < -0.3 is 9.80 Å². The highest BCUT2D eigenvalue weighted by atomic mass is 16.2. The predicted octanol–water partition coefficient (Wildman–Crippen LogP) is 2.93. The molecule has 0 aliphatic carbocycles. The predicted molar refractivity (Wildman–Crippen MR) is 98.6 cm³/mol. The first-order valence-electron chi connectivity index (χ1n) is 9.53. The molecule has 1 aliphatic rings. The standard InChI is InChI=1S/C19H39N3O/c1-7-21(17(4)5)13-12-20(6)15-18-8-10-22(11-9-18)19(23)14-16(2)3/h16-18H,7-15H2,1-6H3. The number of rotatable bonds is 9. The molecule has 1 fully saturated rings. The number of amides is 1. The van der Waals surface area contributed by atoms with Gasteiger partial charge in [0.2, 0.25) is 5.91 Å². The van der Waals surface area contributed by atoms with Crippen LogP contribution in [-0.2, 0) is 4.79 Å². The Morgan fingerprint density at radius 1 is 1.13 bits per heavy atom. The van der Waals surface area contributed by atoms with E-state index in [0.29, 0.717) is 24.3 Å². The summed E-state index contributed by atoms with van der Waals surface area (Å²) >= 11 is 0. The lowest BCUT2D eigenvalue weighted by atomic mass is 9.95. The minimum absolute atomic E-state index is 0.349. The number of hydrogen-bond donors (Lipinski definition) is 0. The molecule has 0 saturated carbocycles. The van der Waals surface area contributed by atoms with Crippen molar-refractivity contribution in [1.29, 1.82) is 0 Å². The van der Waals surface area contributed by atoms with Crippen molar-refractivity contribution in [2.45, 2.75) is 59.9 Å². The lowest BCUT2D eigenvalue weighted by Gasteiger charge is -2.35. The zero-order chi connectivity index (χ0) is 17.4. The minimum atomic E-state index is 0.349. The van der Waals surface area contributed by atoms with Gasteiger partial charge in [-0.25, -0.2) is 0 Å². The van der Waals surface area contributed by atoms with Crippen molar-refractivity contribution in [3.8, 4) is 0 Å². The maximum absolute atomic E-state index is 12.1. The fourth-order valence-electron chi connectivity index (χ4n) is 3.46. The molecule has 4 heteroatoms. The van der Waals surface area contributed by atoms with Gasteiger partial charge in [0.05, 0.1) is 0 Å². The van der Waals surface area contributed by atoms with Gasteiger partial charge >= 0.3 is 0 Å². The second kappa shape index (κ2) is 10.3. The van der Waals surface area contributed by atoms with Gasteiger partial charge in [0.25, 0.3) is 0 Å². The molecular weight excluding hydrogens is 286 g/mol. The molecule has 0 spiro atoms. The Balaban J connectivity index is 2.26. The number of hydrogen-bond acceptors (Lipinski definition) is 3. The highest BCUT2D eigenvalue weighted by molar-refractivity contribution is 5.76. The molecule has 0 atom stereocenters. The fraction of sp³-hybridized carbons (Fsp3) is 0.947. The molecule has 0 bridgehead atoms. The summed E-state index contributed by atoms with van der Waals surface area (Å²) in [6.07, 6.45) is 3.03. The Kier molecular flexibility index (Phi) is 9.15. The first-order chi connectivity index (χ1) is 10.8. The summed E-state index contributed by atoms with van der Waals surface area (Å²) in [6.45, 7) is 17.5. The van der Waals surface area contributed by atoms with E-state index in [9.17, 15) is 4.79 Å². The van der Waals surface area contributed by atoms with Crippen molar-refractivity contribution in [2.24, 2.45) is 11.8 Å². The van der Waals surface area contributed by atoms with E-state index in [-0.39, 0.29) is 0 Å². The Morgan fingerprint density at radius 3 is 2.22 bits per heavy atom. The Bertz CT molecular complexity index is 336. The van der Waals surface area contributed by atoms with Gasteiger partial charge in [-0.05, 0) is 52.1 Å². The molecule has 0 aromatic heterocycles. The third-order valence-corrected chi connectivity index (χ3v) is 5.03. The van der Waals surface area contributed by atoms with E-state index in [1.54, 1.807) is 0 Å². The lowest BCUT2D eigenvalue weighted by Crippen LogP contribution is -2.43. The molecule has 0 aromatic rings. The maximum atomic E-state index is 12.1. The van der Waals surface area contributed by atoms with E-state index in [0.717, 1.165) is 51.5 Å². The molecule has 0 N–H and O–H groups in total. The van der Waals surface area contributed by atoms with Crippen LogP contribution >= 0.6 is 0 Å². The highest BCUT2D eigenvalue weighted by Gasteiger charge is 2.23. The van der Waals surface area contributed by atoms with Gasteiger partial charge in [0.1, 0.15) is 0 Å². The third-order valence-electron chi connectivity index (χ3n) is 5.03. The van der Waals surface area contributed by atoms with Crippen LogP contribution in [0.25, 0.3) is 0 Å². The fourth-order valence-corrected chi connectivity index (χ4v) is 3.46. The molecule has 1 amide bonds. The summed E-state index contributed by atoms with van der Waals surface area (Å²) in [4.78, 5) is 19.2. The van der Waals surface area contributed by atoms with Crippen LogP contribution in [0.1, 0.15) is 53.9 Å². The first-order valence-corrected chi connectivity index (χ1v) is 9.53. The summed E-state index contributed by atoms with van der Waals surface area (Å²) in [5.74, 6) is 1.56. The van der Waals surface area contributed by atoms with Crippen LogP contribution in [0.15, 0.2) is 0 Å². The van der Waals surface area contributed by atoms with E-state index < -0.39 is 0 Å². The van der Waals surface area contributed by atoms with E-state index in [1.807, 2.05) is 0 Å². The van der Waals surface area contributed by atoms with Gasteiger partial charge in [0.15, 0.2) is 0 Å². The van der Waals surface area contributed by atoms with Crippen LogP contribution < -0.4 is 0 Å². The van der Waals surface area contributed by atoms with Crippen LogP contribution in [0, 0.1) is 11.8 Å². The average molecular weight is 326 g/mol. The Labute approximate surface area is 144 Å². The molecule has 0 aromatic carbocycles. The molecule has 1 heterocycles. The van der Waals surface area contributed by atoms with Crippen LogP contribution in [0.4, 0.5) is 0 Å². The van der Waals surface area contributed by atoms with Crippen molar-refractivity contribution < 1.29 is 4.79 Å². The summed E-state index contributed by atoms with van der Waals surface area (Å²) in [6, 6.07) is 0.628. The topological polar surface area (TPSA) is 26.8 Å². The van der Waals surface area contributed by atoms with Gasteiger partial charge in [-0.2, -0.15) is 0 Å². The third kappa shape index (κ3) is 7.67. The first kappa shape index (κ1) is 20.4. The number of piperidine rings is 1. The number of carbonyl (C=O) groups is 1. The average Bonchev–Trinajstić information content (AvgIpc) is 2.47. The molecular formula is C19H39N3O. The smallest absolute Gasteiger partial charge is 0.222 e. The van der Waals surface area contributed by atoms with Gasteiger partial charge in [-0.15, -0.1) is 0 Å². The van der Waals surface area contributed by atoms with E-state index >= 15 is 0 Å². The zero-order valence-corrected chi connectivity index (χ0v) is 16.3. The van der Waals surface area contributed by atoms with Crippen molar-refractivity contribution in [2.75, 3.05) is 46.3 Å². The monoisotopic (exact) mass is 325 g/mol. The van der Waals surface area contributed by atoms with Crippen molar-refractivity contribution in [3.63, 3.8) is 0 Å². The minimum Gasteiger partial charge on any atom is -0.343 e. The van der Waals surface area contributed by atoms with E-state index in [1.165, 1.54) is 6.54 Å². The van der Waals surface area contributed by atoms with E-state index in [2.05, 4.69) is 56.4 Å². The number of likely N-dealkylation sites (tertiary alicyclic amines) is 1. The molecule has 23 heavy (non-hydrogen) atoms. The molecule has 1 aliphatic heterocycles. The zero-order valence-electron chi connectivity index (χ0n) is 16.3. The van der Waals surface area contributed by atoms with Crippen LogP contribution in [0.5, 0.6) is 0 Å². The second-order valence-corrected chi connectivity index (χ2v) is 7.91. The second-order valence-electron chi connectivity index (χ2n) is 7.91. The summed E-state index contributed by atoms with van der Waals surface area (Å²) < 4.78 is 0. The molecule has 136 valence electrons. The van der Waals surface area contributed by atoms with Gasteiger partial charge in [-0.3, -0.25) is 9.69 Å². The summed E-state index contributed by atoms with van der Waals surface area (Å²) in [5, 5.41) is 0. The van der Waals surface area contributed by atoms with Crippen molar-refractivity contribution >= 4 is 5.91 Å². The maximum Gasteiger partial charge on any atom is 0.222 e. The molecule has 0 unspecified atom stereocenters. The van der Waals surface area contributed by atoms with Crippen LogP contribution in [-0.4, -0.2) is 73.0 Å². The Morgan fingerprint density at radius 2 is 1.74 bits per heavy atom. The molecule has 1 rings (SSSR count). The Hall–Kier alpha value is -0.610. The van der Waals surface area contributed by atoms with Crippen molar-refractivity contribution in [3.05, 3.63) is 0 Å². The number of likely N-dealkylation sites (N-methyl/N-ethyl adjacent to an activating group) is 2. The largest absolute Gasteiger partial charge is 0.343 e. The molecule has 0 radical (unpaired) electrons. The molecule has 1 saturated heterocycles. The van der Waals surface area contributed by atoms with Gasteiger partial charge in [0, 0.05) is 45.2 Å². The highest BCUT2D eigenvalue weighted by Crippen LogP contribution is 2.19. The number of carbonyl (C=O) groups excluding carboxylic acids is 1. The quantitative estimate of drug-likeness (QED) is 0.652. The SMILES string of the molecule is CCN(CCN(C)CC1CCN(C(=O)CC(C)C)CC1)C(C)C. The van der Waals surface area contributed by atoms with Crippen LogP contribution in [0.2, 0.25) is 0 Å². The summed E-state index contributed by atoms with van der Waals surface area (Å²) in [5.41, 5.74) is 0. The van der Waals surface area contributed by atoms with Gasteiger partial charge in [-0.1, -0.05) is 20.8 Å². The lowest BCUT2D eigenvalue weighted by molar-refractivity contribution is -0.133. The molecule has 4 nitrogen and oxygen atoms in total.